The number of carbonyl (C=O) groups is 1. The predicted octanol–water partition coefficient (Wildman–Crippen LogP) is 5.04. The van der Waals surface area contributed by atoms with Gasteiger partial charge in [0.2, 0.25) is 5.91 Å². The van der Waals surface area contributed by atoms with E-state index in [0.29, 0.717) is 40.0 Å². The van der Waals surface area contributed by atoms with Gasteiger partial charge in [0.15, 0.2) is 5.16 Å². The van der Waals surface area contributed by atoms with Crippen molar-refractivity contribution in [3.05, 3.63) is 74.3 Å². The first-order valence-corrected chi connectivity index (χ1v) is 12.6. The number of aryl methyl sites for hydroxylation is 1. The number of halogens is 1. The molecule has 0 unspecified atom stereocenters. The molecular formula is C23H18BrN3O3S2. The van der Waals surface area contributed by atoms with Gasteiger partial charge in [-0.3, -0.25) is 14.2 Å². The van der Waals surface area contributed by atoms with Crippen LogP contribution in [0.1, 0.15) is 5.56 Å². The highest BCUT2D eigenvalue weighted by molar-refractivity contribution is 9.10. The van der Waals surface area contributed by atoms with Crippen LogP contribution < -0.4 is 15.2 Å². The van der Waals surface area contributed by atoms with Gasteiger partial charge in [-0.25, -0.2) is 4.98 Å². The number of thiophene rings is 1. The fourth-order valence-electron chi connectivity index (χ4n) is 3.60. The van der Waals surface area contributed by atoms with Gasteiger partial charge in [0.05, 0.1) is 29.2 Å². The van der Waals surface area contributed by atoms with Gasteiger partial charge < -0.3 is 9.64 Å². The summed E-state index contributed by atoms with van der Waals surface area (Å²) in [5.74, 6) is 0.823. The minimum atomic E-state index is -0.130. The van der Waals surface area contributed by atoms with Crippen LogP contribution in [-0.4, -0.2) is 34.4 Å². The number of nitrogens with zero attached hydrogens (tertiary/aromatic N) is 3. The quantitative estimate of drug-likeness (QED) is 0.275. The molecule has 0 N–H and O–H groups in total. The van der Waals surface area contributed by atoms with Gasteiger partial charge in [-0.1, -0.05) is 33.8 Å². The first-order valence-electron chi connectivity index (χ1n) is 9.94. The van der Waals surface area contributed by atoms with Crippen LogP contribution in [0.3, 0.4) is 0 Å². The molecule has 0 fully saturated rings. The van der Waals surface area contributed by atoms with E-state index >= 15 is 0 Å². The van der Waals surface area contributed by atoms with Crippen LogP contribution in [0, 0.1) is 6.92 Å². The molecule has 0 bridgehead atoms. The lowest BCUT2D eigenvalue weighted by Gasteiger charge is -2.29. The zero-order chi connectivity index (χ0) is 22.2. The van der Waals surface area contributed by atoms with Crippen LogP contribution in [-0.2, 0) is 4.79 Å². The lowest BCUT2D eigenvalue weighted by Crippen LogP contribution is -2.39. The molecule has 0 radical (unpaired) electrons. The van der Waals surface area contributed by atoms with Gasteiger partial charge in [0.25, 0.3) is 5.56 Å². The minimum absolute atomic E-state index is 0.0489. The van der Waals surface area contributed by atoms with E-state index in [0.717, 1.165) is 15.7 Å². The average molecular weight is 528 g/mol. The second kappa shape index (κ2) is 8.73. The zero-order valence-electron chi connectivity index (χ0n) is 17.1. The molecule has 1 aliphatic heterocycles. The smallest absolute Gasteiger partial charge is 0.276 e. The van der Waals surface area contributed by atoms with Crippen molar-refractivity contribution in [3.8, 4) is 11.4 Å². The Morgan fingerprint density at radius 1 is 1.22 bits per heavy atom. The van der Waals surface area contributed by atoms with Gasteiger partial charge in [-0.2, -0.15) is 0 Å². The molecule has 0 spiro atoms. The van der Waals surface area contributed by atoms with Crippen LogP contribution in [0.15, 0.2) is 68.3 Å². The van der Waals surface area contributed by atoms with Crippen molar-refractivity contribution in [2.75, 3.05) is 23.8 Å². The van der Waals surface area contributed by atoms with Crippen LogP contribution in [0.4, 0.5) is 5.69 Å². The van der Waals surface area contributed by atoms with Crippen molar-refractivity contribution in [1.82, 2.24) is 9.55 Å². The molecule has 2 aromatic carbocycles. The second-order valence-corrected chi connectivity index (χ2v) is 10.1. The highest BCUT2D eigenvalue weighted by Gasteiger charge is 2.25. The van der Waals surface area contributed by atoms with Crippen LogP contribution >= 0.6 is 39.0 Å². The summed E-state index contributed by atoms with van der Waals surface area (Å²) >= 11 is 6.08. The minimum Gasteiger partial charge on any atom is -0.490 e. The average Bonchev–Trinajstić information content (AvgIpc) is 3.27. The van der Waals surface area contributed by atoms with E-state index in [1.54, 1.807) is 9.47 Å². The van der Waals surface area contributed by atoms with Crippen molar-refractivity contribution in [2.24, 2.45) is 0 Å². The Balaban J connectivity index is 1.48. The fraction of sp³-hybridized carbons (Fsp3) is 0.174. The molecule has 162 valence electrons. The third-order valence-electron chi connectivity index (χ3n) is 5.14. The summed E-state index contributed by atoms with van der Waals surface area (Å²) in [5.41, 5.74) is 3.08. The molecule has 9 heteroatoms. The second-order valence-electron chi connectivity index (χ2n) is 7.30. The topological polar surface area (TPSA) is 64.4 Å². The van der Waals surface area contributed by atoms with Gasteiger partial charge in [-0.05, 0) is 60.3 Å². The van der Waals surface area contributed by atoms with Crippen LogP contribution in [0.25, 0.3) is 15.9 Å². The highest BCUT2D eigenvalue weighted by Crippen LogP contribution is 2.33. The number of amides is 1. The molecule has 5 rings (SSSR count). The van der Waals surface area contributed by atoms with E-state index in [9.17, 15) is 9.59 Å². The zero-order valence-corrected chi connectivity index (χ0v) is 20.3. The van der Waals surface area contributed by atoms with Gasteiger partial charge in [0, 0.05) is 4.47 Å². The van der Waals surface area contributed by atoms with Crippen molar-refractivity contribution in [2.45, 2.75) is 12.1 Å². The van der Waals surface area contributed by atoms with Gasteiger partial charge in [0.1, 0.15) is 17.1 Å². The monoisotopic (exact) mass is 527 g/mol. The number of carbonyl (C=O) groups excluding carboxylic acids is 1. The van der Waals surface area contributed by atoms with E-state index < -0.39 is 0 Å². The van der Waals surface area contributed by atoms with E-state index in [1.165, 1.54) is 23.1 Å². The maximum absolute atomic E-state index is 13.2. The maximum Gasteiger partial charge on any atom is 0.276 e. The van der Waals surface area contributed by atoms with Crippen molar-refractivity contribution < 1.29 is 9.53 Å². The number of anilines is 1. The molecule has 0 atom stereocenters. The number of hydrogen-bond donors (Lipinski definition) is 0. The molecule has 0 saturated carbocycles. The summed E-state index contributed by atoms with van der Waals surface area (Å²) in [6.07, 6.45) is 0. The van der Waals surface area contributed by atoms with E-state index in [-0.39, 0.29) is 17.2 Å². The number of fused-ring (bicyclic) bond motifs is 2. The number of benzene rings is 2. The first-order chi connectivity index (χ1) is 15.5. The number of rotatable bonds is 4. The largest absolute Gasteiger partial charge is 0.490 e. The van der Waals surface area contributed by atoms with Crippen LogP contribution in [0.2, 0.25) is 0 Å². The normalized spacial score (nSPS) is 13.1. The lowest BCUT2D eigenvalue weighted by atomic mass is 10.1. The third-order valence-corrected chi connectivity index (χ3v) is 7.48. The summed E-state index contributed by atoms with van der Waals surface area (Å²) in [5, 5.41) is 2.35. The highest BCUT2D eigenvalue weighted by atomic mass is 79.9. The maximum atomic E-state index is 13.2. The summed E-state index contributed by atoms with van der Waals surface area (Å²) in [6, 6.07) is 15.1. The molecular weight excluding hydrogens is 510 g/mol. The third kappa shape index (κ3) is 3.96. The lowest BCUT2D eigenvalue weighted by molar-refractivity contribution is -0.116. The SMILES string of the molecule is Cc1ccc2c(c1)N(C(=O)CSc1nc3ccsc3c(=O)n1-c1ccc(Br)cc1)CCO2. The number of aromatic nitrogens is 2. The predicted molar refractivity (Wildman–Crippen MR) is 133 cm³/mol. The molecule has 1 amide bonds. The van der Waals surface area contributed by atoms with Crippen molar-refractivity contribution in [1.29, 1.82) is 0 Å². The summed E-state index contributed by atoms with van der Waals surface area (Å²) in [6.45, 7) is 2.94. The standard InChI is InChI=1S/C23H18BrN3O3S2/c1-14-2-7-19-18(12-14)26(9-10-30-19)20(28)13-32-23-25-17-8-11-31-21(17)22(29)27(23)16-5-3-15(24)4-6-16/h2-8,11-12H,9-10,13H2,1H3. The Morgan fingerprint density at radius 2 is 2.03 bits per heavy atom. The Kier molecular flexibility index (Phi) is 5.79. The molecule has 1 aliphatic rings. The summed E-state index contributed by atoms with van der Waals surface area (Å²) < 4.78 is 8.81. The molecule has 3 heterocycles. The molecule has 0 aliphatic carbocycles. The molecule has 4 aromatic rings. The van der Waals surface area contributed by atoms with Gasteiger partial charge in [-0.15, -0.1) is 11.3 Å². The number of ether oxygens (including phenoxy) is 1. The van der Waals surface area contributed by atoms with Crippen molar-refractivity contribution >= 4 is 60.8 Å². The van der Waals surface area contributed by atoms with Gasteiger partial charge >= 0.3 is 0 Å². The molecule has 6 nitrogen and oxygen atoms in total. The Morgan fingerprint density at radius 3 is 2.84 bits per heavy atom. The molecule has 32 heavy (non-hydrogen) atoms. The van der Waals surface area contributed by atoms with Crippen molar-refractivity contribution in [3.63, 3.8) is 0 Å². The number of thioether (sulfide) groups is 1. The van der Waals surface area contributed by atoms with E-state index in [1.807, 2.05) is 60.8 Å². The number of hydrogen-bond acceptors (Lipinski definition) is 6. The van der Waals surface area contributed by atoms with E-state index in [4.69, 9.17) is 9.72 Å². The summed E-state index contributed by atoms with van der Waals surface area (Å²) in [4.78, 5) is 32.9. The Labute approximate surface area is 201 Å². The Bertz CT molecular complexity index is 1380. The van der Waals surface area contributed by atoms with Crippen LogP contribution in [0.5, 0.6) is 5.75 Å². The molecule has 2 aromatic heterocycles. The summed E-state index contributed by atoms with van der Waals surface area (Å²) in [7, 11) is 0. The van der Waals surface area contributed by atoms with E-state index in [2.05, 4.69) is 15.9 Å². The fourth-order valence-corrected chi connectivity index (χ4v) is 5.51. The molecule has 0 saturated heterocycles. The Hall–Kier alpha value is -2.62. The first kappa shape index (κ1) is 21.2.